The molecule has 1 saturated heterocycles. The van der Waals surface area contributed by atoms with Gasteiger partial charge in [0.2, 0.25) is 5.79 Å². The number of ether oxygens (including phenoxy) is 1. The van der Waals surface area contributed by atoms with Crippen LogP contribution >= 0.6 is 0 Å². The first-order chi connectivity index (χ1) is 15.6. The lowest BCUT2D eigenvalue weighted by molar-refractivity contribution is -0.108. The number of hydrogen-bond acceptors (Lipinski definition) is 4. The number of hydrogen-bond donors (Lipinski definition) is 2. The molecule has 0 aromatic heterocycles. The van der Waals surface area contributed by atoms with E-state index in [0.29, 0.717) is 24.4 Å². The highest BCUT2D eigenvalue weighted by atomic mass is 19.1. The molecule has 0 bridgehead atoms. The molecule has 2 heterocycles. The van der Waals surface area contributed by atoms with Crippen molar-refractivity contribution in [2.24, 2.45) is 11.8 Å². The zero-order valence-corrected chi connectivity index (χ0v) is 19.8. The number of benzene rings is 1. The number of terminal acetylenes is 1. The van der Waals surface area contributed by atoms with Crippen LogP contribution in [0.1, 0.15) is 45.6 Å². The van der Waals surface area contributed by atoms with E-state index in [9.17, 15) is 14.6 Å². The highest BCUT2D eigenvalue weighted by Gasteiger charge is 2.49. The van der Waals surface area contributed by atoms with Crippen molar-refractivity contribution in [1.29, 1.82) is 0 Å². The molecule has 1 aromatic carbocycles. The number of aliphatic hydroxyl groups is 2. The first kappa shape index (κ1) is 23.8. The van der Waals surface area contributed by atoms with Crippen molar-refractivity contribution in [3.05, 3.63) is 70.3 Å². The van der Waals surface area contributed by atoms with Gasteiger partial charge in [0.05, 0.1) is 12.1 Å². The SMILES string of the molecule is C#CCN1CCC2C(=C3C(=CC(C(C)CCCc4ccc(F)cc4)=CC3(O)O)OC2(C)C)C1. The lowest BCUT2D eigenvalue weighted by atomic mass is 9.71. The lowest BCUT2D eigenvalue weighted by Gasteiger charge is -2.49. The standard InChI is InChI=1S/C28H34FNO3/c1-5-14-30-15-13-24-23(18-30)26-25(33-27(24,3)4)16-21(17-28(26,31)32)19(2)7-6-8-20-9-11-22(29)12-10-20/h1,9-12,16-17,19,24,31-32H,6-8,13-15,18H2,2-4H3. The Bertz CT molecular complexity index is 1030. The van der Waals surface area contributed by atoms with Gasteiger partial charge >= 0.3 is 0 Å². The maximum absolute atomic E-state index is 13.1. The smallest absolute Gasteiger partial charge is 0.214 e. The Kier molecular flexibility index (Phi) is 6.55. The predicted molar refractivity (Wildman–Crippen MR) is 127 cm³/mol. The van der Waals surface area contributed by atoms with Gasteiger partial charge in [-0.3, -0.25) is 4.90 Å². The van der Waals surface area contributed by atoms with E-state index in [-0.39, 0.29) is 17.7 Å². The summed E-state index contributed by atoms with van der Waals surface area (Å²) in [5.41, 5.74) is 3.03. The van der Waals surface area contributed by atoms with Crippen LogP contribution in [0.3, 0.4) is 0 Å². The Morgan fingerprint density at radius 2 is 2.00 bits per heavy atom. The van der Waals surface area contributed by atoms with Crippen LogP contribution in [-0.4, -0.2) is 46.1 Å². The Morgan fingerprint density at radius 1 is 1.27 bits per heavy atom. The third-order valence-electron chi connectivity index (χ3n) is 7.26. The van der Waals surface area contributed by atoms with Gasteiger partial charge in [-0.15, -0.1) is 6.42 Å². The third-order valence-corrected chi connectivity index (χ3v) is 7.26. The van der Waals surface area contributed by atoms with Gasteiger partial charge in [-0.25, -0.2) is 4.39 Å². The maximum Gasteiger partial charge on any atom is 0.214 e. The second kappa shape index (κ2) is 9.10. The van der Waals surface area contributed by atoms with Crippen LogP contribution in [-0.2, 0) is 11.2 Å². The molecular formula is C28H34FNO3. The lowest BCUT2D eigenvalue weighted by Crippen LogP contribution is -2.51. The van der Waals surface area contributed by atoms with Gasteiger partial charge in [0, 0.05) is 19.0 Å². The van der Waals surface area contributed by atoms with Gasteiger partial charge in [-0.2, -0.15) is 0 Å². The third kappa shape index (κ3) is 4.94. The number of nitrogens with zero attached hydrogens (tertiary/aromatic N) is 1. The van der Waals surface area contributed by atoms with Crippen LogP contribution in [0, 0.1) is 30.0 Å². The molecule has 3 aliphatic rings. The minimum atomic E-state index is -2.08. The van der Waals surface area contributed by atoms with E-state index in [1.807, 2.05) is 18.2 Å². The molecule has 2 aliphatic heterocycles. The van der Waals surface area contributed by atoms with Gasteiger partial charge < -0.3 is 14.9 Å². The molecule has 1 aromatic rings. The van der Waals surface area contributed by atoms with Crippen molar-refractivity contribution >= 4 is 0 Å². The van der Waals surface area contributed by atoms with Gasteiger partial charge in [0.25, 0.3) is 0 Å². The molecule has 5 heteroatoms. The van der Waals surface area contributed by atoms with Crippen molar-refractivity contribution < 1.29 is 19.3 Å². The van der Waals surface area contributed by atoms with Crippen molar-refractivity contribution in [2.75, 3.05) is 19.6 Å². The van der Waals surface area contributed by atoms with E-state index < -0.39 is 11.4 Å². The molecule has 4 nitrogen and oxygen atoms in total. The second-order valence-electron chi connectivity index (χ2n) is 10.2. The minimum Gasteiger partial charge on any atom is -0.487 e. The van der Waals surface area contributed by atoms with E-state index in [4.69, 9.17) is 11.2 Å². The number of halogens is 1. The first-order valence-corrected chi connectivity index (χ1v) is 11.8. The molecule has 176 valence electrons. The Morgan fingerprint density at radius 3 is 2.70 bits per heavy atom. The molecule has 0 radical (unpaired) electrons. The Hall–Kier alpha value is -2.39. The fourth-order valence-electron chi connectivity index (χ4n) is 5.50. The number of likely N-dealkylation sites (tertiary alicyclic amines) is 1. The number of allylic oxidation sites excluding steroid dienone is 2. The van der Waals surface area contributed by atoms with Crippen molar-refractivity contribution in [2.45, 2.75) is 57.8 Å². The summed E-state index contributed by atoms with van der Waals surface area (Å²) < 4.78 is 19.5. The van der Waals surface area contributed by atoms with E-state index in [1.54, 1.807) is 6.08 Å². The average Bonchev–Trinajstić information content (AvgIpc) is 2.73. The van der Waals surface area contributed by atoms with E-state index in [2.05, 4.69) is 31.6 Å². The highest BCUT2D eigenvalue weighted by molar-refractivity contribution is 5.52. The summed E-state index contributed by atoms with van der Waals surface area (Å²) >= 11 is 0. The Labute approximate surface area is 196 Å². The minimum absolute atomic E-state index is 0.112. The molecule has 0 spiro atoms. The Balaban J connectivity index is 1.55. The van der Waals surface area contributed by atoms with E-state index >= 15 is 0 Å². The van der Waals surface area contributed by atoms with Crippen LogP contribution < -0.4 is 0 Å². The van der Waals surface area contributed by atoms with Crippen LogP contribution in [0.4, 0.5) is 4.39 Å². The summed E-state index contributed by atoms with van der Waals surface area (Å²) in [7, 11) is 0. The van der Waals surface area contributed by atoms with E-state index in [1.165, 1.54) is 12.1 Å². The molecule has 4 rings (SSSR count). The summed E-state index contributed by atoms with van der Waals surface area (Å²) in [4.78, 5) is 2.17. The summed E-state index contributed by atoms with van der Waals surface area (Å²) in [5.74, 6) is 1.19. The summed E-state index contributed by atoms with van der Waals surface area (Å²) in [6.07, 6.45) is 12.6. The molecule has 0 saturated carbocycles. The van der Waals surface area contributed by atoms with Crippen LogP contribution in [0.25, 0.3) is 0 Å². The van der Waals surface area contributed by atoms with Crippen LogP contribution in [0.5, 0.6) is 0 Å². The topological polar surface area (TPSA) is 52.9 Å². The normalized spacial score (nSPS) is 24.6. The summed E-state index contributed by atoms with van der Waals surface area (Å²) in [5, 5.41) is 22.3. The van der Waals surface area contributed by atoms with Crippen molar-refractivity contribution in [1.82, 2.24) is 4.90 Å². The predicted octanol–water partition coefficient (Wildman–Crippen LogP) is 4.35. The molecule has 1 fully saturated rings. The zero-order chi connectivity index (χ0) is 23.8. The average molecular weight is 452 g/mol. The molecule has 1 aliphatic carbocycles. The maximum atomic E-state index is 13.1. The molecule has 2 unspecified atom stereocenters. The summed E-state index contributed by atoms with van der Waals surface area (Å²) in [6, 6.07) is 6.60. The van der Waals surface area contributed by atoms with E-state index in [0.717, 1.165) is 48.9 Å². The van der Waals surface area contributed by atoms with Crippen LogP contribution in [0.15, 0.2) is 58.9 Å². The van der Waals surface area contributed by atoms with Crippen LogP contribution in [0.2, 0.25) is 0 Å². The molecule has 2 N–H and O–H groups in total. The van der Waals surface area contributed by atoms with Gasteiger partial charge in [0.15, 0.2) is 0 Å². The molecule has 2 atom stereocenters. The first-order valence-electron chi connectivity index (χ1n) is 11.8. The van der Waals surface area contributed by atoms with Gasteiger partial charge in [-0.05, 0) is 86.4 Å². The number of piperidine rings is 1. The highest BCUT2D eigenvalue weighted by Crippen LogP contribution is 2.49. The fourth-order valence-corrected chi connectivity index (χ4v) is 5.50. The monoisotopic (exact) mass is 451 g/mol. The zero-order valence-electron chi connectivity index (χ0n) is 19.8. The quantitative estimate of drug-likeness (QED) is 0.499. The fraction of sp³-hybridized carbons (Fsp3) is 0.500. The van der Waals surface area contributed by atoms with Crippen molar-refractivity contribution in [3.8, 4) is 12.3 Å². The van der Waals surface area contributed by atoms with Gasteiger partial charge in [-0.1, -0.05) is 25.0 Å². The number of fused-ring (bicyclic) bond motifs is 2. The number of aryl methyl sites for hydroxylation is 1. The number of rotatable bonds is 6. The van der Waals surface area contributed by atoms with Crippen molar-refractivity contribution in [3.63, 3.8) is 0 Å². The van der Waals surface area contributed by atoms with Gasteiger partial charge in [0.1, 0.15) is 17.2 Å². The molecule has 33 heavy (non-hydrogen) atoms. The molecule has 0 amide bonds. The largest absolute Gasteiger partial charge is 0.487 e. The summed E-state index contributed by atoms with van der Waals surface area (Å²) in [6.45, 7) is 8.27. The second-order valence-corrected chi connectivity index (χ2v) is 10.2. The molecular weight excluding hydrogens is 417 g/mol.